The lowest BCUT2D eigenvalue weighted by atomic mass is 10.0. The van der Waals surface area contributed by atoms with Crippen molar-refractivity contribution in [2.24, 2.45) is 0 Å². The van der Waals surface area contributed by atoms with Gasteiger partial charge in [0.1, 0.15) is 24.2 Å². The van der Waals surface area contributed by atoms with Crippen LogP contribution in [0, 0.1) is 18.3 Å². The zero-order chi connectivity index (χ0) is 22.5. The monoisotopic (exact) mass is 423 g/mol. The highest BCUT2D eigenvalue weighted by Crippen LogP contribution is 2.27. The van der Waals surface area contributed by atoms with Gasteiger partial charge in [-0.3, -0.25) is 5.01 Å². The van der Waals surface area contributed by atoms with E-state index in [9.17, 15) is 15.5 Å². The van der Waals surface area contributed by atoms with E-state index >= 15 is 0 Å². The first-order valence-electron chi connectivity index (χ1n) is 9.96. The minimum Gasteiger partial charge on any atom is -0.508 e. The maximum Gasteiger partial charge on any atom is 0.139 e. The molecule has 32 heavy (non-hydrogen) atoms. The highest BCUT2D eigenvalue weighted by molar-refractivity contribution is 5.81. The Labute approximate surface area is 185 Å². The van der Waals surface area contributed by atoms with Crippen LogP contribution in [0.25, 0.3) is 11.8 Å². The van der Waals surface area contributed by atoms with Crippen LogP contribution in [0.3, 0.4) is 0 Å². The summed E-state index contributed by atoms with van der Waals surface area (Å²) >= 11 is 0. The molecule has 2 N–H and O–H groups in total. The number of nitriles is 1. The zero-order valence-corrected chi connectivity index (χ0v) is 17.4. The Morgan fingerprint density at radius 3 is 2.47 bits per heavy atom. The summed E-state index contributed by atoms with van der Waals surface area (Å²) in [5, 5.41) is 39.8. The Kier molecular flexibility index (Phi) is 5.86. The number of aryl methyl sites for hydroxylation is 1. The van der Waals surface area contributed by atoms with Gasteiger partial charge in [-0.2, -0.15) is 5.26 Å². The topological polar surface area (TPSA) is 98.2 Å². The number of aromatic nitrogens is 3. The molecule has 0 radical (unpaired) electrons. The van der Waals surface area contributed by atoms with Gasteiger partial charge in [0.2, 0.25) is 0 Å². The molecular weight excluding hydrogens is 402 g/mol. The molecule has 0 saturated carbocycles. The van der Waals surface area contributed by atoms with Crippen molar-refractivity contribution >= 4 is 17.5 Å². The van der Waals surface area contributed by atoms with Crippen LogP contribution in [0.15, 0.2) is 79.4 Å². The zero-order valence-electron chi connectivity index (χ0n) is 17.4. The van der Waals surface area contributed by atoms with Gasteiger partial charge >= 0.3 is 0 Å². The van der Waals surface area contributed by atoms with Crippen molar-refractivity contribution in [3.8, 4) is 11.8 Å². The van der Waals surface area contributed by atoms with Gasteiger partial charge in [-0.15, -0.1) is 10.2 Å². The van der Waals surface area contributed by atoms with Crippen molar-refractivity contribution in [1.82, 2.24) is 14.9 Å². The van der Waals surface area contributed by atoms with Gasteiger partial charge in [0.05, 0.1) is 23.9 Å². The lowest BCUT2D eigenvalue weighted by Gasteiger charge is -2.25. The number of anilines is 1. The molecule has 158 valence electrons. The fourth-order valence-electron chi connectivity index (χ4n) is 3.38. The number of benzene rings is 3. The van der Waals surface area contributed by atoms with Crippen LogP contribution in [0.5, 0.6) is 5.75 Å². The maximum absolute atomic E-state index is 10.9. The highest BCUT2D eigenvalue weighted by Gasteiger charge is 2.15. The number of aliphatic hydroxyl groups is 1. The minimum atomic E-state index is 0.00559. The average Bonchev–Trinajstić information content (AvgIpc) is 3.34. The van der Waals surface area contributed by atoms with Gasteiger partial charge in [0.15, 0.2) is 0 Å². The Morgan fingerprint density at radius 1 is 1.06 bits per heavy atom. The largest absolute Gasteiger partial charge is 0.508 e. The van der Waals surface area contributed by atoms with Gasteiger partial charge in [0, 0.05) is 5.56 Å². The summed E-state index contributed by atoms with van der Waals surface area (Å²) in [5.41, 5.74) is 4.37. The maximum atomic E-state index is 10.9. The number of hydrogen-bond donors (Lipinski definition) is 2. The standard InChI is InChI=1S/C25H21N5O2/c1-18-4-2-3-5-20(18)12-25(32)24-13-22(9-8-21(24)14-26)30(29-16-27-28-17-29)15-19-6-10-23(31)11-7-19/h2-13,16-17,31-32H,15H2,1H3/b25-12-. The lowest BCUT2D eigenvalue weighted by molar-refractivity contribution is 0.475. The molecule has 0 fully saturated rings. The SMILES string of the molecule is Cc1ccccc1/C=C(\O)c1cc(N(Cc2ccc(O)cc2)n2cnnc2)ccc1C#N. The Morgan fingerprint density at radius 2 is 1.78 bits per heavy atom. The normalized spacial score (nSPS) is 11.2. The first kappa shape index (κ1) is 20.7. The number of aromatic hydroxyl groups is 1. The Hall–Kier alpha value is -4.57. The van der Waals surface area contributed by atoms with Crippen LogP contribution in [0.4, 0.5) is 5.69 Å². The van der Waals surface area contributed by atoms with Crippen LogP contribution in [-0.2, 0) is 6.54 Å². The van der Waals surface area contributed by atoms with Crippen LogP contribution < -0.4 is 5.01 Å². The summed E-state index contributed by atoms with van der Waals surface area (Å²) in [4.78, 5) is 0. The van der Waals surface area contributed by atoms with Gasteiger partial charge < -0.3 is 10.2 Å². The fourth-order valence-corrected chi connectivity index (χ4v) is 3.38. The fraction of sp³-hybridized carbons (Fsp3) is 0.0800. The lowest BCUT2D eigenvalue weighted by Crippen LogP contribution is -2.28. The van der Waals surface area contributed by atoms with Crippen LogP contribution in [0.1, 0.15) is 27.8 Å². The molecule has 7 nitrogen and oxygen atoms in total. The van der Waals surface area contributed by atoms with Crippen molar-refractivity contribution in [2.75, 3.05) is 5.01 Å². The smallest absolute Gasteiger partial charge is 0.139 e. The van der Waals surface area contributed by atoms with E-state index in [1.807, 2.05) is 54.4 Å². The Balaban J connectivity index is 1.77. The Bertz CT molecular complexity index is 1290. The van der Waals surface area contributed by atoms with Gasteiger partial charge in [0.25, 0.3) is 0 Å². The van der Waals surface area contributed by atoms with E-state index in [-0.39, 0.29) is 11.5 Å². The summed E-state index contributed by atoms with van der Waals surface area (Å²) in [7, 11) is 0. The molecule has 4 rings (SSSR count). The van der Waals surface area contributed by atoms with Crippen LogP contribution in [-0.4, -0.2) is 25.1 Å². The summed E-state index contributed by atoms with van der Waals surface area (Å²) in [6.45, 7) is 2.41. The molecule has 0 aliphatic heterocycles. The molecule has 0 atom stereocenters. The van der Waals surface area contributed by atoms with Crippen molar-refractivity contribution in [3.63, 3.8) is 0 Å². The number of phenols is 1. The molecule has 7 heteroatoms. The number of nitrogens with zero attached hydrogens (tertiary/aromatic N) is 5. The van der Waals surface area contributed by atoms with Crippen molar-refractivity contribution in [3.05, 3.63) is 107 Å². The van der Waals surface area contributed by atoms with Gasteiger partial charge in [-0.05, 0) is 60.0 Å². The molecule has 0 amide bonds. The molecule has 1 heterocycles. The van der Waals surface area contributed by atoms with Gasteiger partial charge in [-0.25, -0.2) is 4.68 Å². The molecule has 0 bridgehead atoms. The quantitative estimate of drug-likeness (QED) is 0.345. The first-order chi connectivity index (χ1) is 15.5. The molecule has 4 aromatic rings. The second kappa shape index (κ2) is 9.06. The van der Waals surface area contributed by atoms with E-state index in [1.165, 1.54) is 0 Å². The number of phenolic OH excluding ortho intramolecular Hbond substituents is 1. The predicted octanol–water partition coefficient (Wildman–Crippen LogP) is 4.69. The van der Waals surface area contributed by atoms with Crippen molar-refractivity contribution < 1.29 is 10.2 Å². The van der Waals surface area contributed by atoms with E-state index in [2.05, 4.69) is 16.3 Å². The molecule has 0 aliphatic carbocycles. The summed E-state index contributed by atoms with van der Waals surface area (Å²) in [5.74, 6) is 0.197. The highest BCUT2D eigenvalue weighted by atomic mass is 16.3. The van der Waals surface area contributed by atoms with Crippen LogP contribution in [0.2, 0.25) is 0 Å². The van der Waals surface area contributed by atoms with E-state index < -0.39 is 0 Å². The number of aliphatic hydroxyl groups excluding tert-OH is 1. The van der Waals surface area contributed by atoms with E-state index in [1.54, 1.807) is 47.7 Å². The average molecular weight is 423 g/mol. The molecule has 1 aromatic heterocycles. The number of hydrogen-bond acceptors (Lipinski definition) is 6. The molecular formula is C25H21N5O2. The third-order valence-electron chi connectivity index (χ3n) is 5.13. The summed E-state index contributed by atoms with van der Waals surface area (Å²) in [6.07, 6.45) is 4.81. The van der Waals surface area contributed by atoms with E-state index in [0.717, 1.165) is 22.4 Å². The van der Waals surface area contributed by atoms with Gasteiger partial charge in [-0.1, -0.05) is 36.4 Å². The second-order valence-corrected chi connectivity index (χ2v) is 7.29. The predicted molar refractivity (Wildman–Crippen MR) is 123 cm³/mol. The minimum absolute atomic E-state index is 0.00559. The summed E-state index contributed by atoms with van der Waals surface area (Å²) < 4.78 is 1.72. The van der Waals surface area contributed by atoms with E-state index in [4.69, 9.17) is 0 Å². The second-order valence-electron chi connectivity index (χ2n) is 7.29. The molecule has 0 saturated heterocycles. The van der Waals surface area contributed by atoms with Crippen molar-refractivity contribution in [1.29, 1.82) is 5.26 Å². The molecule has 0 unspecified atom stereocenters. The molecule has 3 aromatic carbocycles. The third kappa shape index (κ3) is 4.45. The number of rotatable bonds is 6. The third-order valence-corrected chi connectivity index (χ3v) is 5.13. The van der Waals surface area contributed by atoms with Crippen LogP contribution >= 0.6 is 0 Å². The first-order valence-corrected chi connectivity index (χ1v) is 9.96. The van der Waals surface area contributed by atoms with E-state index in [0.29, 0.717) is 17.7 Å². The molecule has 0 aliphatic rings. The molecule has 0 spiro atoms. The summed E-state index contributed by atoms with van der Waals surface area (Å²) in [6, 6.07) is 22.0. The van der Waals surface area contributed by atoms with Crippen molar-refractivity contribution in [2.45, 2.75) is 13.5 Å².